The van der Waals surface area contributed by atoms with Gasteiger partial charge in [-0.25, -0.2) is 0 Å². The lowest BCUT2D eigenvalue weighted by atomic mass is 9.98. The fraction of sp³-hybridized carbons (Fsp3) is 0.360. The maximum atomic E-state index is 13.6. The Morgan fingerprint density at radius 2 is 1.94 bits per heavy atom. The minimum atomic E-state index is -0.709. The second kappa shape index (κ2) is 9.96. The molecule has 1 unspecified atom stereocenters. The predicted molar refractivity (Wildman–Crippen MR) is 122 cm³/mol. The Labute approximate surface area is 187 Å². The fourth-order valence-corrected chi connectivity index (χ4v) is 4.95. The third-order valence-corrected chi connectivity index (χ3v) is 6.75. The highest BCUT2D eigenvalue weighted by molar-refractivity contribution is 7.10. The van der Waals surface area contributed by atoms with Gasteiger partial charge in [-0.3, -0.25) is 9.59 Å². The van der Waals surface area contributed by atoms with Crippen LogP contribution in [0.3, 0.4) is 0 Å². The summed E-state index contributed by atoms with van der Waals surface area (Å²) in [5.41, 5.74) is 1.84. The molecular formula is C25H28N2O3S. The van der Waals surface area contributed by atoms with Crippen LogP contribution in [-0.4, -0.2) is 22.8 Å². The van der Waals surface area contributed by atoms with Gasteiger partial charge in [0, 0.05) is 10.9 Å². The predicted octanol–water partition coefficient (Wildman–Crippen LogP) is 5.02. The summed E-state index contributed by atoms with van der Waals surface area (Å²) < 4.78 is 5.56. The molecule has 0 saturated heterocycles. The molecule has 0 spiro atoms. The van der Waals surface area contributed by atoms with Crippen molar-refractivity contribution in [2.24, 2.45) is 0 Å². The van der Waals surface area contributed by atoms with Crippen molar-refractivity contribution in [1.82, 2.24) is 10.2 Å². The topological polar surface area (TPSA) is 62.6 Å². The van der Waals surface area contributed by atoms with Crippen molar-refractivity contribution in [2.45, 2.75) is 57.7 Å². The van der Waals surface area contributed by atoms with Gasteiger partial charge in [-0.05, 0) is 54.5 Å². The van der Waals surface area contributed by atoms with E-state index in [-0.39, 0.29) is 30.8 Å². The van der Waals surface area contributed by atoms with Gasteiger partial charge in [0.25, 0.3) is 0 Å². The number of benzene rings is 1. The molecule has 4 rings (SSSR count). The highest BCUT2D eigenvalue weighted by Gasteiger charge is 2.34. The van der Waals surface area contributed by atoms with E-state index in [2.05, 4.69) is 5.32 Å². The van der Waals surface area contributed by atoms with Crippen LogP contribution in [0.5, 0.6) is 0 Å². The number of amides is 2. The molecule has 1 aliphatic carbocycles. The van der Waals surface area contributed by atoms with E-state index < -0.39 is 6.04 Å². The second-order valence-corrected chi connectivity index (χ2v) is 9.14. The zero-order chi connectivity index (χ0) is 21.6. The molecule has 1 atom stereocenters. The molecule has 1 aliphatic rings. The van der Waals surface area contributed by atoms with E-state index in [1.54, 1.807) is 28.6 Å². The number of furan rings is 1. The molecule has 0 radical (unpaired) electrons. The molecule has 162 valence electrons. The molecule has 31 heavy (non-hydrogen) atoms. The van der Waals surface area contributed by atoms with Crippen molar-refractivity contribution in [3.8, 4) is 0 Å². The standard InChI is InChI=1S/C25H28N2O3S/c1-18-8-2-5-13-22(18)24(25(29)26-19-9-3-4-10-19)27(17-20-11-6-14-30-20)23(28)16-21-12-7-15-31-21/h2,5-8,11-15,19,24H,3-4,9-10,16-17H2,1H3,(H,26,29). The number of thiophene rings is 1. The quantitative estimate of drug-likeness (QED) is 0.539. The lowest BCUT2D eigenvalue weighted by Crippen LogP contribution is -2.46. The van der Waals surface area contributed by atoms with Crippen LogP contribution in [-0.2, 0) is 22.6 Å². The summed E-state index contributed by atoms with van der Waals surface area (Å²) in [6.45, 7) is 2.23. The van der Waals surface area contributed by atoms with Gasteiger partial charge in [0.05, 0.1) is 19.2 Å². The molecule has 1 saturated carbocycles. The number of hydrogen-bond acceptors (Lipinski definition) is 4. The van der Waals surface area contributed by atoms with Crippen LogP contribution in [0, 0.1) is 6.92 Å². The maximum absolute atomic E-state index is 13.6. The third kappa shape index (κ3) is 5.25. The first-order valence-electron chi connectivity index (χ1n) is 10.8. The molecule has 3 aromatic rings. The Kier molecular flexibility index (Phi) is 6.87. The van der Waals surface area contributed by atoms with E-state index in [0.29, 0.717) is 5.76 Å². The van der Waals surface area contributed by atoms with Crippen LogP contribution in [0.25, 0.3) is 0 Å². The summed E-state index contributed by atoms with van der Waals surface area (Å²) in [7, 11) is 0. The second-order valence-electron chi connectivity index (χ2n) is 8.11. The molecule has 5 nitrogen and oxygen atoms in total. The number of hydrogen-bond donors (Lipinski definition) is 1. The van der Waals surface area contributed by atoms with Crippen LogP contribution in [0.15, 0.2) is 64.6 Å². The van der Waals surface area contributed by atoms with E-state index >= 15 is 0 Å². The minimum absolute atomic E-state index is 0.0892. The Morgan fingerprint density at radius 1 is 1.13 bits per heavy atom. The Morgan fingerprint density at radius 3 is 2.61 bits per heavy atom. The summed E-state index contributed by atoms with van der Waals surface area (Å²) in [6.07, 6.45) is 6.11. The summed E-state index contributed by atoms with van der Waals surface area (Å²) in [4.78, 5) is 29.8. The van der Waals surface area contributed by atoms with E-state index in [0.717, 1.165) is 41.7 Å². The lowest BCUT2D eigenvalue weighted by molar-refractivity contribution is -0.141. The largest absolute Gasteiger partial charge is 0.467 e. The molecule has 0 bridgehead atoms. The molecule has 2 heterocycles. The van der Waals surface area contributed by atoms with Crippen molar-refractivity contribution in [2.75, 3.05) is 0 Å². The fourth-order valence-electron chi connectivity index (χ4n) is 4.25. The SMILES string of the molecule is Cc1ccccc1C(C(=O)NC1CCCC1)N(Cc1ccco1)C(=O)Cc1cccs1. The van der Waals surface area contributed by atoms with Gasteiger partial charge in [-0.1, -0.05) is 43.2 Å². The smallest absolute Gasteiger partial charge is 0.247 e. The molecule has 1 aromatic carbocycles. The first kappa shape index (κ1) is 21.4. The molecule has 2 amide bonds. The van der Waals surface area contributed by atoms with Crippen molar-refractivity contribution in [3.05, 3.63) is 81.9 Å². The van der Waals surface area contributed by atoms with Crippen LogP contribution < -0.4 is 5.32 Å². The van der Waals surface area contributed by atoms with Crippen molar-refractivity contribution >= 4 is 23.2 Å². The molecule has 6 heteroatoms. The summed E-state index contributed by atoms with van der Waals surface area (Å²) in [5.74, 6) is 0.452. The van der Waals surface area contributed by atoms with E-state index in [1.807, 2.05) is 54.8 Å². The first-order chi connectivity index (χ1) is 15.1. The van der Waals surface area contributed by atoms with Gasteiger partial charge in [0.2, 0.25) is 11.8 Å². The normalized spacial score (nSPS) is 15.0. The van der Waals surface area contributed by atoms with Gasteiger partial charge < -0.3 is 14.6 Å². The average Bonchev–Trinajstić information content (AvgIpc) is 3.53. The minimum Gasteiger partial charge on any atom is -0.467 e. The van der Waals surface area contributed by atoms with E-state index in [4.69, 9.17) is 4.42 Å². The molecule has 1 fully saturated rings. The summed E-state index contributed by atoms with van der Waals surface area (Å²) >= 11 is 1.55. The number of nitrogens with one attached hydrogen (secondary N) is 1. The molecule has 0 aliphatic heterocycles. The van der Waals surface area contributed by atoms with Gasteiger partial charge in [-0.15, -0.1) is 11.3 Å². The van der Waals surface area contributed by atoms with E-state index in [1.165, 1.54) is 0 Å². The monoisotopic (exact) mass is 436 g/mol. The average molecular weight is 437 g/mol. The van der Waals surface area contributed by atoms with E-state index in [9.17, 15) is 9.59 Å². The third-order valence-electron chi connectivity index (χ3n) is 5.88. The van der Waals surface area contributed by atoms with Crippen molar-refractivity contribution < 1.29 is 14.0 Å². The number of aryl methyl sites for hydroxylation is 1. The Hall–Kier alpha value is -2.86. The highest BCUT2D eigenvalue weighted by atomic mass is 32.1. The summed E-state index contributed by atoms with van der Waals surface area (Å²) in [6, 6.07) is 14.8. The number of rotatable bonds is 8. The number of nitrogens with zero attached hydrogens (tertiary/aromatic N) is 1. The lowest BCUT2D eigenvalue weighted by Gasteiger charge is -2.32. The van der Waals surface area contributed by atoms with Crippen molar-refractivity contribution in [1.29, 1.82) is 0 Å². The van der Waals surface area contributed by atoms with Gasteiger partial charge in [0.15, 0.2) is 0 Å². The maximum Gasteiger partial charge on any atom is 0.247 e. The van der Waals surface area contributed by atoms with Crippen LogP contribution >= 0.6 is 11.3 Å². The van der Waals surface area contributed by atoms with Gasteiger partial charge >= 0.3 is 0 Å². The van der Waals surface area contributed by atoms with Crippen LogP contribution in [0.4, 0.5) is 0 Å². The zero-order valence-electron chi connectivity index (χ0n) is 17.8. The summed E-state index contributed by atoms with van der Waals surface area (Å²) in [5, 5.41) is 5.18. The Bertz CT molecular complexity index is 992. The molecular weight excluding hydrogens is 408 g/mol. The Balaban J connectivity index is 1.69. The zero-order valence-corrected chi connectivity index (χ0v) is 18.6. The number of carbonyl (C=O) groups excluding carboxylic acids is 2. The van der Waals surface area contributed by atoms with Gasteiger partial charge in [-0.2, -0.15) is 0 Å². The first-order valence-corrected chi connectivity index (χ1v) is 11.7. The van der Waals surface area contributed by atoms with Crippen LogP contribution in [0.1, 0.15) is 53.5 Å². The molecule has 2 aromatic heterocycles. The molecule has 1 N–H and O–H groups in total. The van der Waals surface area contributed by atoms with Gasteiger partial charge in [0.1, 0.15) is 11.8 Å². The highest BCUT2D eigenvalue weighted by Crippen LogP contribution is 2.29. The van der Waals surface area contributed by atoms with Crippen molar-refractivity contribution in [3.63, 3.8) is 0 Å². The van der Waals surface area contributed by atoms with Crippen LogP contribution in [0.2, 0.25) is 0 Å². The number of carbonyl (C=O) groups is 2.